The first-order chi connectivity index (χ1) is 10.6. The van der Waals surface area contributed by atoms with E-state index in [1.165, 1.54) is 21.3 Å². The van der Waals surface area contributed by atoms with Gasteiger partial charge in [0.25, 0.3) is 5.56 Å². The van der Waals surface area contributed by atoms with E-state index in [9.17, 15) is 4.79 Å². The van der Waals surface area contributed by atoms with Crippen LogP contribution in [0.4, 0.5) is 0 Å². The molecule has 1 N–H and O–H groups in total. The molecule has 0 radical (unpaired) electrons. The van der Waals surface area contributed by atoms with E-state index in [4.69, 9.17) is 14.2 Å². The molecular weight excluding hydrogens is 284 g/mol. The second kappa shape index (κ2) is 5.24. The van der Waals surface area contributed by atoms with E-state index in [0.29, 0.717) is 11.2 Å². The summed E-state index contributed by atoms with van der Waals surface area (Å²) in [5.41, 5.74) is 1.77. The summed E-state index contributed by atoms with van der Waals surface area (Å²) in [5, 5.41) is 1.82. The second-order valence-electron chi connectivity index (χ2n) is 5.02. The van der Waals surface area contributed by atoms with Crippen molar-refractivity contribution >= 4 is 21.8 Å². The summed E-state index contributed by atoms with van der Waals surface area (Å²) in [6.45, 7) is 0. The van der Waals surface area contributed by atoms with E-state index in [2.05, 4.69) is 4.98 Å². The van der Waals surface area contributed by atoms with Crippen LogP contribution in [0.15, 0.2) is 35.1 Å². The van der Waals surface area contributed by atoms with Crippen molar-refractivity contribution in [2.75, 3.05) is 21.3 Å². The predicted molar refractivity (Wildman–Crippen MR) is 83.8 cm³/mol. The average molecular weight is 302 g/mol. The highest BCUT2D eigenvalue weighted by Gasteiger charge is 2.34. The molecule has 0 saturated carbocycles. The molecule has 0 aliphatic carbocycles. The molecule has 116 valence electrons. The molecule has 22 heavy (non-hydrogen) atoms. The van der Waals surface area contributed by atoms with Gasteiger partial charge in [-0.2, -0.15) is 0 Å². The van der Waals surface area contributed by atoms with Crippen molar-refractivity contribution in [2.24, 2.45) is 7.05 Å². The lowest BCUT2D eigenvalue weighted by atomic mass is 10.1. The Kier molecular flexibility index (Phi) is 3.52. The Bertz CT molecular complexity index is 882. The number of para-hydroxylation sites is 1. The van der Waals surface area contributed by atoms with Gasteiger partial charge < -0.3 is 23.8 Å². The molecule has 3 rings (SSSR count). The zero-order chi connectivity index (χ0) is 15.9. The fraction of sp³-hybridized carbons (Fsp3) is 0.312. The molecule has 0 spiro atoms. The molecular formula is C16H18N2O4. The SMILES string of the molecule is COC(OC)(OC)c1cc2c3ccccc3n(C)c2c(=O)[nH]1. The van der Waals surface area contributed by atoms with Crippen LogP contribution in [0.2, 0.25) is 0 Å². The van der Waals surface area contributed by atoms with Gasteiger partial charge in [-0.25, -0.2) is 0 Å². The van der Waals surface area contributed by atoms with Crippen molar-refractivity contribution in [1.82, 2.24) is 9.55 Å². The molecule has 0 unspecified atom stereocenters. The summed E-state index contributed by atoms with van der Waals surface area (Å²) in [5.74, 6) is -1.44. The van der Waals surface area contributed by atoms with Gasteiger partial charge in [-0.15, -0.1) is 0 Å². The van der Waals surface area contributed by atoms with E-state index in [1.54, 1.807) is 0 Å². The number of benzene rings is 1. The maximum Gasteiger partial charge on any atom is 0.327 e. The van der Waals surface area contributed by atoms with Gasteiger partial charge in [0, 0.05) is 44.7 Å². The maximum atomic E-state index is 12.5. The Morgan fingerprint density at radius 3 is 2.32 bits per heavy atom. The van der Waals surface area contributed by atoms with E-state index < -0.39 is 5.97 Å². The maximum absolute atomic E-state index is 12.5. The molecule has 0 aliphatic rings. The van der Waals surface area contributed by atoms with Crippen LogP contribution in [-0.2, 0) is 27.2 Å². The number of H-pyrrole nitrogens is 1. The van der Waals surface area contributed by atoms with Gasteiger partial charge in [-0.3, -0.25) is 4.79 Å². The number of rotatable bonds is 4. The molecule has 0 bridgehead atoms. The number of aromatic nitrogens is 2. The zero-order valence-electron chi connectivity index (χ0n) is 13.0. The molecule has 6 heteroatoms. The van der Waals surface area contributed by atoms with Crippen LogP contribution in [0.3, 0.4) is 0 Å². The third-order valence-corrected chi connectivity index (χ3v) is 4.03. The Morgan fingerprint density at radius 2 is 1.68 bits per heavy atom. The highest BCUT2D eigenvalue weighted by molar-refractivity contribution is 6.07. The summed E-state index contributed by atoms with van der Waals surface area (Å²) in [7, 11) is 6.24. The van der Waals surface area contributed by atoms with Crippen molar-refractivity contribution in [1.29, 1.82) is 0 Å². The minimum atomic E-state index is -1.44. The van der Waals surface area contributed by atoms with Gasteiger partial charge in [0.15, 0.2) is 0 Å². The number of ether oxygens (including phenoxy) is 3. The minimum absolute atomic E-state index is 0.221. The lowest BCUT2D eigenvalue weighted by Crippen LogP contribution is -2.35. The van der Waals surface area contributed by atoms with Gasteiger partial charge in [-0.05, 0) is 12.1 Å². The third-order valence-electron chi connectivity index (χ3n) is 4.03. The molecule has 0 aliphatic heterocycles. The molecule has 0 fully saturated rings. The fourth-order valence-electron chi connectivity index (χ4n) is 2.95. The Balaban J connectivity index is 2.42. The van der Waals surface area contributed by atoms with Gasteiger partial charge in [0.2, 0.25) is 0 Å². The normalized spacial score (nSPS) is 12.4. The monoisotopic (exact) mass is 302 g/mol. The lowest BCUT2D eigenvalue weighted by Gasteiger charge is -2.28. The van der Waals surface area contributed by atoms with Crippen LogP contribution < -0.4 is 5.56 Å². The van der Waals surface area contributed by atoms with Crippen molar-refractivity contribution in [3.05, 3.63) is 46.4 Å². The number of hydrogen-bond donors (Lipinski definition) is 1. The topological polar surface area (TPSA) is 65.5 Å². The molecule has 2 aromatic heterocycles. The molecule has 6 nitrogen and oxygen atoms in total. The number of fused-ring (bicyclic) bond motifs is 3. The van der Waals surface area contributed by atoms with Gasteiger partial charge in [0.05, 0.1) is 0 Å². The van der Waals surface area contributed by atoms with Crippen molar-refractivity contribution in [3.63, 3.8) is 0 Å². The van der Waals surface area contributed by atoms with Gasteiger partial charge in [0.1, 0.15) is 11.2 Å². The van der Waals surface area contributed by atoms with Crippen LogP contribution in [0, 0.1) is 0 Å². The standard InChI is InChI=1S/C16H18N2O4/c1-18-12-8-6-5-7-10(12)11-9-13(17-15(19)14(11)18)16(20-2,21-3)22-4/h5-9H,1-4H3,(H,17,19). The Hall–Kier alpha value is -2.15. The minimum Gasteiger partial charge on any atom is -0.339 e. The van der Waals surface area contributed by atoms with Crippen molar-refractivity contribution < 1.29 is 14.2 Å². The van der Waals surface area contributed by atoms with E-state index in [0.717, 1.165) is 16.3 Å². The predicted octanol–water partition coefficient (Wildman–Crippen LogP) is 2.07. The lowest BCUT2D eigenvalue weighted by molar-refractivity contribution is -0.366. The highest BCUT2D eigenvalue weighted by Crippen LogP contribution is 2.30. The highest BCUT2D eigenvalue weighted by atomic mass is 16.9. The van der Waals surface area contributed by atoms with Crippen LogP contribution >= 0.6 is 0 Å². The largest absolute Gasteiger partial charge is 0.339 e. The molecule has 3 aromatic rings. The number of aromatic amines is 1. The van der Waals surface area contributed by atoms with Crippen LogP contribution in [0.5, 0.6) is 0 Å². The van der Waals surface area contributed by atoms with Crippen LogP contribution in [0.25, 0.3) is 21.8 Å². The summed E-state index contributed by atoms with van der Waals surface area (Å²) in [4.78, 5) is 15.3. The number of hydrogen-bond acceptors (Lipinski definition) is 4. The molecule has 0 amide bonds. The summed E-state index contributed by atoms with van der Waals surface area (Å²) in [6.07, 6.45) is 0. The van der Waals surface area contributed by atoms with E-state index in [1.807, 2.05) is 41.9 Å². The Morgan fingerprint density at radius 1 is 1.05 bits per heavy atom. The van der Waals surface area contributed by atoms with E-state index in [-0.39, 0.29) is 5.56 Å². The van der Waals surface area contributed by atoms with Crippen molar-refractivity contribution in [3.8, 4) is 0 Å². The summed E-state index contributed by atoms with van der Waals surface area (Å²) >= 11 is 0. The average Bonchev–Trinajstić information content (AvgIpc) is 2.84. The first-order valence-corrected chi connectivity index (χ1v) is 6.84. The fourth-order valence-corrected chi connectivity index (χ4v) is 2.95. The molecule has 0 saturated heterocycles. The first kappa shape index (κ1) is 14.8. The number of nitrogens with zero attached hydrogens (tertiary/aromatic N) is 1. The van der Waals surface area contributed by atoms with Crippen molar-refractivity contribution in [2.45, 2.75) is 5.97 Å². The summed E-state index contributed by atoms with van der Waals surface area (Å²) in [6, 6.07) is 9.67. The number of aryl methyl sites for hydroxylation is 1. The molecule has 1 aromatic carbocycles. The van der Waals surface area contributed by atoms with Gasteiger partial charge >= 0.3 is 5.97 Å². The third kappa shape index (κ3) is 1.89. The van der Waals surface area contributed by atoms with Gasteiger partial charge in [-0.1, -0.05) is 18.2 Å². The zero-order valence-corrected chi connectivity index (χ0v) is 13.0. The second-order valence-corrected chi connectivity index (χ2v) is 5.02. The Labute approximate surface area is 127 Å². The first-order valence-electron chi connectivity index (χ1n) is 6.84. The summed E-state index contributed by atoms with van der Waals surface area (Å²) < 4.78 is 17.8. The number of pyridine rings is 1. The number of nitrogens with one attached hydrogen (secondary N) is 1. The quantitative estimate of drug-likeness (QED) is 0.749. The number of methoxy groups -OCH3 is 3. The van der Waals surface area contributed by atoms with Crippen LogP contribution in [0.1, 0.15) is 5.69 Å². The van der Waals surface area contributed by atoms with E-state index >= 15 is 0 Å². The smallest absolute Gasteiger partial charge is 0.327 e. The molecule has 2 heterocycles. The molecule has 0 atom stereocenters. The van der Waals surface area contributed by atoms with Crippen LogP contribution in [-0.4, -0.2) is 30.9 Å².